The van der Waals surface area contributed by atoms with Crippen molar-refractivity contribution in [3.8, 4) is 0 Å². The third-order valence-corrected chi connectivity index (χ3v) is 6.40. The van der Waals surface area contributed by atoms with Crippen molar-refractivity contribution in [1.82, 2.24) is 9.29 Å². The van der Waals surface area contributed by atoms with Crippen LogP contribution in [0.5, 0.6) is 0 Å². The summed E-state index contributed by atoms with van der Waals surface area (Å²) in [4.78, 5) is 12.3. The van der Waals surface area contributed by atoms with Gasteiger partial charge >= 0.3 is 6.18 Å². The summed E-state index contributed by atoms with van der Waals surface area (Å²) < 4.78 is 71.6. The normalized spacial score (nSPS) is 20.8. The van der Waals surface area contributed by atoms with Gasteiger partial charge in [0.2, 0.25) is 10.0 Å². The molecule has 0 spiro atoms. The summed E-state index contributed by atoms with van der Waals surface area (Å²) in [5.41, 5.74) is -0.365. The summed E-state index contributed by atoms with van der Waals surface area (Å²) in [7, 11) is -3.60. The Balaban J connectivity index is 1.69. The highest BCUT2D eigenvalue weighted by Crippen LogP contribution is 2.34. The van der Waals surface area contributed by atoms with E-state index in [1.807, 2.05) is 18.2 Å². The Bertz CT molecular complexity index is 1050. The van der Waals surface area contributed by atoms with Gasteiger partial charge in [0.25, 0.3) is 5.56 Å². The van der Waals surface area contributed by atoms with Crippen molar-refractivity contribution in [2.24, 2.45) is 0 Å². The van der Waals surface area contributed by atoms with E-state index in [2.05, 4.69) is 16.9 Å². The molecule has 1 aromatic carbocycles. The molecule has 1 saturated carbocycles. The van der Waals surface area contributed by atoms with E-state index in [-0.39, 0.29) is 19.3 Å². The second-order valence-electron chi connectivity index (χ2n) is 8.15. The standard InChI is InChI=1S/C22H27F3N2O4S/c1-32(29,30)26-13-19(27-14-18(22(23,24)25)9-12-21(27)28)15-31-20-10-7-17(8-11-20)16-5-3-2-4-6-16/h2-6,9,12,14,17,19-20,26H,7-8,10-11,13,15H2,1H3. The van der Waals surface area contributed by atoms with Gasteiger partial charge in [-0.3, -0.25) is 4.79 Å². The smallest absolute Gasteiger partial charge is 0.376 e. The number of nitrogens with zero attached hydrogens (tertiary/aromatic N) is 1. The van der Waals surface area contributed by atoms with Gasteiger partial charge in [0.15, 0.2) is 0 Å². The maximum atomic E-state index is 13.1. The average molecular weight is 473 g/mol. The fourth-order valence-electron chi connectivity index (χ4n) is 3.98. The van der Waals surface area contributed by atoms with Gasteiger partial charge in [-0.25, -0.2) is 13.1 Å². The van der Waals surface area contributed by atoms with Gasteiger partial charge in [-0.2, -0.15) is 13.2 Å². The first kappa shape index (κ1) is 24.5. The van der Waals surface area contributed by atoms with E-state index >= 15 is 0 Å². The van der Waals surface area contributed by atoms with Gasteiger partial charge in [0, 0.05) is 18.8 Å². The minimum atomic E-state index is -4.62. The molecule has 6 nitrogen and oxygen atoms in total. The maximum Gasteiger partial charge on any atom is 0.417 e. The van der Waals surface area contributed by atoms with Crippen molar-refractivity contribution in [2.45, 2.75) is 49.9 Å². The summed E-state index contributed by atoms with van der Waals surface area (Å²) in [6.07, 6.45) is 0.344. The molecule has 0 amide bonds. The number of alkyl halides is 3. The monoisotopic (exact) mass is 472 g/mol. The predicted octanol–water partition coefficient (Wildman–Crippen LogP) is 3.70. The van der Waals surface area contributed by atoms with E-state index < -0.39 is 33.4 Å². The molecule has 176 valence electrons. The fourth-order valence-corrected chi connectivity index (χ4v) is 4.47. The summed E-state index contributed by atoms with van der Waals surface area (Å²) in [5, 5.41) is 0. The van der Waals surface area contributed by atoms with Crippen molar-refractivity contribution < 1.29 is 26.3 Å². The molecule has 0 saturated heterocycles. The number of benzene rings is 1. The lowest BCUT2D eigenvalue weighted by Gasteiger charge is -2.30. The van der Waals surface area contributed by atoms with Crippen LogP contribution in [0.15, 0.2) is 53.5 Å². The first-order valence-electron chi connectivity index (χ1n) is 10.4. The Kier molecular flexibility index (Phi) is 7.79. The molecule has 2 aromatic rings. The maximum absolute atomic E-state index is 13.1. The third kappa shape index (κ3) is 6.91. The Hall–Kier alpha value is -2.17. The van der Waals surface area contributed by atoms with Crippen molar-refractivity contribution in [1.29, 1.82) is 0 Å². The zero-order valence-electron chi connectivity index (χ0n) is 17.7. The quantitative estimate of drug-likeness (QED) is 0.636. The van der Waals surface area contributed by atoms with E-state index in [0.29, 0.717) is 18.2 Å². The largest absolute Gasteiger partial charge is 0.417 e. The number of sulfonamides is 1. The minimum Gasteiger partial charge on any atom is -0.376 e. The van der Waals surface area contributed by atoms with E-state index in [1.54, 1.807) is 0 Å². The molecule has 0 aliphatic heterocycles. The molecule has 1 unspecified atom stereocenters. The molecule has 10 heteroatoms. The van der Waals surface area contributed by atoms with E-state index in [1.165, 1.54) is 5.56 Å². The van der Waals surface area contributed by atoms with E-state index in [4.69, 9.17) is 4.74 Å². The number of ether oxygens (including phenoxy) is 1. The molecule has 32 heavy (non-hydrogen) atoms. The molecule has 1 N–H and O–H groups in total. The average Bonchev–Trinajstić information content (AvgIpc) is 2.74. The fraction of sp³-hybridized carbons (Fsp3) is 0.500. The lowest BCUT2D eigenvalue weighted by atomic mass is 9.83. The Morgan fingerprint density at radius 2 is 1.75 bits per heavy atom. The van der Waals surface area contributed by atoms with Crippen LogP contribution in [0.4, 0.5) is 13.2 Å². The molecule has 1 atom stereocenters. The van der Waals surface area contributed by atoms with Crippen LogP contribution < -0.4 is 10.3 Å². The molecule has 1 heterocycles. The van der Waals surface area contributed by atoms with E-state index in [0.717, 1.165) is 42.6 Å². The number of hydrogen-bond acceptors (Lipinski definition) is 4. The highest BCUT2D eigenvalue weighted by molar-refractivity contribution is 7.88. The Labute approximate surface area is 185 Å². The van der Waals surface area contributed by atoms with Crippen LogP contribution in [0.1, 0.15) is 48.8 Å². The van der Waals surface area contributed by atoms with Gasteiger partial charge in [-0.15, -0.1) is 0 Å². The molecule has 1 aromatic heterocycles. The summed E-state index contributed by atoms with van der Waals surface area (Å²) in [6, 6.07) is 10.8. The molecule has 0 bridgehead atoms. The van der Waals surface area contributed by atoms with Crippen molar-refractivity contribution in [3.63, 3.8) is 0 Å². The number of rotatable bonds is 8. The van der Waals surface area contributed by atoms with Gasteiger partial charge in [-0.1, -0.05) is 30.3 Å². The summed E-state index contributed by atoms with van der Waals surface area (Å²) >= 11 is 0. The van der Waals surface area contributed by atoms with Gasteiger partial charge in [-0.05, 0) is 43.2 Å². The minimum absolute atomic E-state index is 0.0790. The van der Waals surface area contributed by atoms with Crippen LogP contribution in [0, 0.1) is 0 Å². The first-order valence-corrected chi connectivity index (χ1v) is 12.3. The van der Waals surface area contributed by atoms with Crippen LogP contribution >= 0.6 is 0 Å². The van der Waals surface area contributed by atoms with Gasteiger partial charge < -0.3 is 9.30 Å². The van der Waals surface area contributed by atoms with Gasteiger partial charge in [0.05, 0.1) is 30.6 Å². The van der Waals surface area contributed by atoms with Crippen LogP contribution in [0.2, 0.25) is 0 Å². The number of aromatic nitrogens is 1. The molecular formula is C22H27F3N2O4S. The third-order valence-electron chi connectivity index (χ3n) is 5.71. The van der Waals surface area contributed by atoms with Crippen LogP contribution in [0.3, 0.4) is 0 Å². The molecule has 0 radical (unpaired) electrons. The second kappa shape index (κ2) is 10.2. The van der Waals surface area contributed by atoms with Crippen molar-refractivity contribution >= 4 is 10.0 Å². The highest BCUT2D eigenvalue weighted by atomic mass is 32.2. The second-order valence-corrected chi connectivity index (χ2v) is 9.99. The van der Waals surface area contributed by atoms with Crippen molar-refractivity contribution in [3.05, 3.63) is 70.1 Å². The highest BCUT2D eigenvalue weighted by Gasteiger charge is 2.32. The van der Waals surface area contributed by atoms with Crippen LogP contribution in [-0.4, -0.2) is 38.5 Å². The number of pyridine rings is 1. The SMILES string of the molecule is CS(=O)(=O)NCC(COC1CCC(c2ccccc2)CC1)n1cc(C(F)(F)F)ccc1=O. The number of nitrogens with one attached hydrogen (secondary N) is 1. The zero-order chi connectivity index (χ0) is 23.4. The first-order chi connectivity index (χ1) is 15.0. The van der Waals surface area contributed by atoms with Crippen LogP contribution in [-0.2, 0) is 20.9 Å². The number of halogens is 3. The molecule has 1 aliphatic carbocycles. The molecule has 1 aliphatic rings. The lowest BCUT2D eigenvalue weighted by molar-refractivity contribution is -0.138. The lowest BCUT2D eigenvalue weighted by Crippen LogP contribution is -2.38. The Morgan fingerprint density at radius 1 is 1.09 bits per heavy atom. The molecular weight excluding hydrogens is 445 g/mol. The van der Waals surface area contributed by atoms with Crippen LogP contribution in [0.25, 0.3) is 0 Å². The predicted molar refractivity (Wildman–Crippen MR) is 115 cm³/mol. The molecule has 1 fully saturated rings. The van der Waals surface area contributed by atoms with E-state index in [9.17, 15) is 26.4 Å². The topological polar surface area (TPSA) is 77.4 Å². The number of hydrogen-bond donors (Lipinski definition) is 1. The Morgan fingerprint density at radius 3 is 2.34 bits per heavy atom. The van der Waals surface area contributed by atoms with Gasteiger partial charge in [0.1, 0.15) is 0 Å². The summed E-state index contributed by atoms with van der Waals surface area (Å²) in [5.74, 6) is 0.435. The molecule has 3 rings (SSSR count). The zero-order valence-corrected chi connectivity index (χ0v) is 18.5. The summed E-state index contributed by atoms with van der Waals surface area (Å²) in [6.45, 7) is -0.330. The van der Waals surface area contributed by atoms with Crippen molar-refractivity contribution in [2.75, 3.05) is 19.4 Å².